The molecule has 5 heteroatoms. The molecule has 2 unspecified atom stereocenters. The molecule has 0 spiro atoms. The topological polar surface area (TPSA) is 20.3 Å². The van der Waals surface area contributed by atoms with Gasteiger partial charge in [0.1, 0.15) is 11.6 Å². The molecule has 1 aromatic carbocycles. The lowest BCUT2D eigenvalue weighted by atomic mass is 9.90. The van der Waals surface area contributed by atoms with Gasteiger partial charge in [0, 0.05) is 29.4 Å². The summed E-state index contributed by atoms with van der Waals surface area (Å²) in [7, 11) is 0. The Bertz CT molecular complexity index is 471. The molecule has 2 nitrogen and oxygen atoms in total. The van der Waals surface area contributed by atoms with E-state index in [4.69, 9.17) is 11.6 Å². The fourth-order valence-electron chi connectivity index (χ4n) is 2.33. The van der Waals surface area contributed by atoms with Crippen LogP contribution < -0.4 is 4.90 Å². The van der Waals surface area contributed by atoms with Crippen LogP contribution in [0.4, 0.5) is 10.1 Å². The van der Waals surface area contributed by atoms with Crippen LogP contribution in [0.15, 0.2) is 16.6 Å². The van der Waals surface area contributed by atoms with E-state index in [1.165, 1.54) is 12.1 Å². The molecule has 0 aliphatic carbocycles. The van der Waals surface area contributed by atoms with Crippen LogP contribution in [0.2, 0.25) is 5.02 Å². The van der Waals surface area contributed by atoms with Crippen molar-refractivity contribution in [3.8, 4) is 0 Å². The number of halogens is 3. The van der Waals surface area contributed by atoms with Crippen LogP contribution in [0, 0.1) is 11.7 Å². The number of carbonyl (C=O) groups is 1. The van der Waals surface area contributed by atoms with Crippen molar-refractivity contribution < 1.29 is 9.18 Å². The van der Waals surface area contributed by atoms with Crippen LogP contribution in [0.25, 0.3) is 0 Å². The van der Waals surface area contributed by atoms with Crippen molar-refractivity contribution in [2.75, 3.05) is 11.4 Å². The minimum Gasteiger partial charge on any atom is -0.366 e. The van der Waals surface area contributed by atoms with Crippen LogP contribution in [0.3, 0.4) is 0 Å². The summed E-state index contributed by atoms with van der Waals surface area (Å²) in [6.07, 6.45) is 0.506. The fraction of sp³-hybridized carbons (Fsp3) is 0.462. The number of carbonyl (C=O) groups excluding carboxylic acids is 1. The van der Waals surface area contributed by atoms with E-state index < -0.39 is 0 Å². The van der Waals surface area contributed by atoms with Gasteiger partial charge in [-0.1, -0.05) is 18.5 Å². The Balaban J connectivity index is 2.40. The summed E-state index contributed by atoms with van der Waals surface area (Å²) in [6.45, 7) is 4.53. The summed E-state index contributed by atoms with van der Waals surface area (Å²) in [6, 6.07) is 2.76. The number of piperidine rings is 1. The van der Waals surface area contributed by atoms with E-state index in [2.05, 4.69) is 20.8 Å². The number of hydrogen-bond acceptors (Lipinski definition) is 2. The van der Waals surface area contributed by atoms with E-state index in [9.17, 15) is 9.18 Å². The summed E-state index contributed by atoms with van der Waals surface area (Å²) in [4.78, 5) is 13.7. The number of benzene rings is 1. The SMILES string of the molecule is CC1C(=O)CCN(c2c(Cl)cc(F)cc2Br)C1C. The van der Waals surface area contributed by atoms with Gasteiger partial charge in [-0.2, -0.15) is 0 Å². The fourth-order valence-corrected chi connectivity index (χ4v) is 3.41. The minimum absolute atomic E-state index is 0.0354. The molecule has 0 saturated carbocycles. The lowest BCUT2D eigenvalue weighted by Crippen LogP contribution is -2.47. The van der Waals surface area contributed by atoms with Gasteiger partial charge in [0.05, 0.1) is 10.7 Å². The number of rotatable bonds is 1. The van der Waals surface area contributed by atoms with Crippen molar-refractivity contribution in [1.82, 2.24) is 0 Å². The third-order valence-corrected chi connectivity index (χ3v) is 4.48. The highest BCUT2D eigenvalue weighted by Gasteiger charge is 2.32. The van der Waals surface area contributed by atoms with Crippen LogP contribution in [0.1, 0.15) is 20.3 Å². The lowest BCUT2D eigenvalue weighted by Gasteiger charge is -2.39. The van der Waals surface area contributed by atoms with E-state index in [1.807, 2.05) is 13.8 Å². The van der Waals surface area contributed by atoms with Gasteiger partial charge >= 0.3 is 0 Å². The van der Waals surface area contributed by atoms with Crippen LogP contribution >= 0.6 is 27.5 Å². The first kappa shape index (κ1) is 13.8. The highest BCUT2D eigenvalue weighted by Crippen LogP contribution is 2.38. The Morgan fingerprint density at radius 3 is 2.72 bits per heavy atom. The highest BCUT2D eigenvalue weighted by atomic mass is 79.9. The largest absolute Gasteiger partial charge is 0.366 e. The summed E-state index contributed by atoms with van der Waals surface area (Å²) in [5, 5.41) is 0.371. The zero-order valence-electron chi connectivity index (χ0n) is 10.2. The molecule has 2 rings (SSSR count). The molecule has 0 N–H and O–H groups in total. The smallest absolute Gasteiger partial charge is 0.139 e. The summed E-state index contributed by atoms with van der Waals surface area (Å²) < 4.78 is 13.9. The molecule has 1 aromatic rings. The molecule has 98 valence electrons. The zero-order chi connectivity index (χ0) is 13.4. The molecule has 0 bridgehead atoms. The maximum absolute atomic E-state index is 13.2. The van der Waals surface area contributed by atoms with Crippen molar-refractivity contribution in [3.05, 3.63) is 27.4 Å². The van der Waals surface area contributed by atoms with Gasteiger partial charge in [0.25, 0.3) is 0 Å². The Hall–Kier alpha value is -0.610. The third kappa shape index (κ3) is 2.41. The monoisotopic (exact) mass is 333 g/mol. The Kier molecular flexibility index (Phi) is 3.97. The predicted molar refractivity (Wildman–Crippen MR) is 74.7 cm³/mol. The first-order valence-corrected chi connectivity index (χ1v) is 7.03. The number of anilines is 1. The lowest BCUT2D eigenvalue weighted by molar-refractivity contribution is -0.123. The molecule has 1 fully saturated rings. The van der Waals surface area contributed by atoms with Crippen molar-refractivity contribution in [2.45, 2.75) is 26.3 Å². The first-order valence-electron chi connectivity index (χ1n) is 5.85. The molecule has 1 saturated heterocycles. The summed E-state index contributed by atoms with van der Waals surface area (Å²) in [5.41, 5.74) is 0.768. The van der Waals surface area contributed by atoms with E-state index in [0.29, 0.717) is 22.5 Å². The van der Waals surface area contributed by atoms with E-state index in [0.717, 1.165) is 5.69 Å². The second-order valence-corrected chi connectivity index (χ2v) is 5.92. The summed E-state index contributed by atoms with van der Waals surface area (Å²) >= 11 is 9.47. The molecule has 0 radical (unpaired) electrons. The van der Waals surface area contributed by atoms with Crippen molar-refractivity contribution in [3.63, 3.8) is 0 Å². The Morgan fingerprint density at radius 2 is 2.11 bits per heavy atom. The standard InChI is InChI=1S/C13H14BrClFNO/c1-7-8(2)17(4-3-12(7)18)13-10(14)5-9(16)6-11(13)15/h5-8H,3-4H2,1-2H3. The van der Waals surface area contributed by atoms with Gasteiger partial charge in [0.2, 0.25) is 0 Å². The number of nitrogens with zero attached hydrogens (tertiary/aromatic N) is 1. The maximum atomic E-state index is 13.2. The van der Waals surface area contributed by atoms with Gasteiger partial charge < -0.3 is 4.90 Å². The first-order chi connectivity index (χ1) is 8.41. The molecule has 1 heterocycles. The van der Waals surface area contributed by atoms with E-state index >= 15 is 0 Å². The Labute approximate surface area is 119 Å². The minimum atomic E-state index is -0.371. The number of Topliss-reactive ketones (excluding diaryl/α,β-unsaturated/α-hetero) is 1. The van der Waals surface area contributed by atoms with Gasteiger partial charge in [-0.05, 0) is 35.0 Å². The second-order valence-electron chi connectivity index (χ2n) is 4.66. The average Bonchev–Trinajstić information content (AvgIpc) is 2.28. The van der Waals surface area contributed by atoms with Crippen LogP contribution in [0.5, 0.6) is 0 Å². The second kappa shape index (κ2) is 5.17. The Morgan fingerprint density at radius 1 is 1.44 bits per heavy atom. The van der Waals surface area contributed by atoms with Gasteiger partial charge in [-0.3, -0.25) is 4.79 Å². The molecule has 0 aromatic heterocycles. The van der Waals surface area contributed by atoms with Crippen molar-refractivity contribution in [1.29, 1.82) is 0 Å². The molecular formula is C13H14BrClFNO. The number of ketones is 1. The normalized spacial score (nSPS) is 24.5. The van der Waals surface area contributed by atoms with E-state index in [1.54, 1.807) is 0 Å². The van der Waals surface area contributed by atoms with Gasteiger partial charge in [-0.15, -0.1) is 0 Å². The molecular weight excluding hydrogens is 321 g/mol. The summed E-state index contributed by atoms with van der Waals surface area (Å²) in [5.74, 6) is -0.135. The van der Waals surface area contributed by atoms with Gasteiger partial charge in [0.15, 0.2) is 0 Å². The highest BCUT2D eigenvalue weighted by molar-refractivity contribution is 9.10. The van der Waals surface area contributed by atoms with Crippen LogP contribution in [-0.2, 0) is 4.79 Å². The molecule has 1 aliphatic rings. The van der Waals surface area contributed by atoms with Crippen molar-refractivity contribution >= 4 is 39.0 Å². The number of hydrogen-bond donors (Lipinski definition) is 0. The third-order valence-electron chi connectivity index (χ3n) is 3.59. The molecule has 0 amide bonds. The van der Waals surface area contributed by atoms with Crippen molar-refractivity contribution in [2.24, 2.45) is 5.92 Å². The molecule has 2 atom stereocenters. The van der Waals surface area contributed by atoms with Crippen LogP contribution in [-0.4, -0.2) is 18.4 Å². The zero-order valence-corrected chi connectivity index (χ0v) is 12.6. The van der Waals surface area contributed by atoms with E-state index in [-0.39, 0.29) is 23.6 Å². The average molecular weight is 335 g/mol. The molecule has 1 aliphatic heterocycles. The molecule has 18 heavy (non-hydrogen) atoms. The maximum Gasteiger partial charge on any atom is 0.139 e. The predicted octanol–water partition coefficient (Wildman–Crippen LogP) is 4.05. The quantitative estimate of drug-likeness (QED) is 0.772. The van der Waals surface area contributed by atoms with Gasteiger partial charge in [-0.25, -0.2) is 4.39 Å².